The number of carbonyl (C=O) groups is 2. The van der Waals surface area contributed by atoms with Crippen LogP contribution in [0.2, 0.25) is 0 Å². The van der Waals surface area contributed by atoms with Crippen molar-refractivity contribution in [1.82, 2.24) is 0 Å². The highest BCUT2D eigenvalue weighted by Gasteiger charge is 2.24. The normalized spacial score (nSPS) is 11.8. The Bertz CT molecular complexity index is 1250. The molecular weight excluding hydrogens is 424 g/mol. The molecular formula is C30H28O4. The van der Waals surface area contributed by atoms with Gasteiger partial charge in [0, 0.05) is 21.9 Å². The lowest BCUT2D eigenvalue weighted by molar-refractivity contribution is -0.133. The Hall–Kier alpha value is -3.92. The van der Waals surface area contributed by atoms with Crippen LogP contribution in [0.15, 0.2) is 96.1 Å². The van der Waals surface area contributed by atoms with Crippen molar-refractivity contribution in [3.63, 3.8) is 0 Å². The first kappa shape index (κ1) is 23.2. The minimum Gasteiger partial charge on any atom is -0.422 e. The Kier molecular flexibility index (Phi) is 7.38. The maximum Gasteiger partial charge on any atom is 0.339 e. The van der Waals surface area contributed by atoms with Crippen molar-refractivity contribution in [3.8, 4) is 11.5 Å². The van der Waals surface area contributed by atoms with E-state index in [-0.39, 0.29) is 0 Å². The molecule has 4 rings (SSSR count). The van der Waals surface area contributed by atoms with Crippen LogP contribution < -0.4 is 9.47 Å². The van der Waals surface area contributed by atoms with E-state index in [1.807, 2.05) is 86.6 Å². The SMILES string of the molecule is CCC/C(C(=O)Oc1cccc2ccccc12)=C(\CCC)C(=O)Oc1cccc2ccccc12. The van der Waals surface area contributed by atoms with E-state index in [0.29, 0.717) is 48.3 Å². The van der Waals surface area contributed by atoms with Gasteiger partial charge >= 0.3 is 11.9 Å². The first-order valence-corrected chi connectivity index (χ1v) is 11.7. The first-order chi connectivity index (χ1) is 16.6. The minimum absolute atomic E-state index is 0.377. The van der Waals surface area contributed by atoms with E-state index >= 15 is 0 Å². The minimum atomic E-state index is -0.503. The summed E-state index contributed by atoms with van der Waals surface area (Å²) in [6, 6.07) is 26.7. The van der Waals surface area contributed by atoms with Crippen LogP contribution in [0.4, 0.5) is 0 Å². The van der Waals surface area contributed by atoms with Crippen molar-refractivity contribution in [3.05, 3.63) is 96.1 Å². The summed E-state index contributed by atoms with van der Waals surface area (Å²) < 4.78 is 11.7. The highest BCUT2D eigenvalue weighted by Crippen LogP contribution is 2.29. The van der Waals surface area contributed by atoms with Gasteiger partial charge in [-0.25, -0.2) is 9.59 Å². The van der Waals surface area contributed by atoms with E-state index in [4.69, 9.17) is 9.47 Å². The van der Waals surface area contributed by atoms with Crippen molar-refractivity contribution >= 4 is 33.5 Å². The zero-order valence-electron chi connectivity index (χ0n) is 19.5. The molecule has 0 aliphatic heterocycles. The molecule has 0 saturated carbocycles. The van der Waals surface area contributed by atoms with E-state index < -0.39 is 11.9 Å². The molecule has 34 heavy (non-hydrogen) atoms. The van der Waals surface area contributed by atoms with Crippen LogP contribution in [0.3, 0.4) is 0 Å². The molecule has 0 heterocycles. The number of esters is 2. The molecule has 0 radical (unpaired) electrons. The van der Waals surface area contributed by atoms with Crippen molar-refractivity contribution in [1.29, 1.82) is 0 Å². The fourth-order valence-electron chi connectivity index (χ4n) is 4.14. The molecule has 0 atom stereocenters. The van der Waals surface area contributed by atoms with E-state index in [2.05, 4.69) is 0 Å². The van der Waals surface area contributed by atoms with Gasteiger partial charge in [-0.05, 0) is 35.7 Å². The highest BCUT2D eigenvalue weighted by molar-refractivity contribution is 6.03. The molecule has 4 aromatic carbocycles. The monoisotopic (exact) mass is 452 g/mol. The summed E-state index contributed by atoms with van der Waals surface area (Å²) in [7, 11) is 0. The second-order valence-corrected chi connectivity index (χ2v) is 8.19. The lowest BCUT2D eigenvalue weighted by atomic mass is 9.99. The average molecular weight is 453 g/mol. The van der Waals surface area contributed by atoms with Crippen LogP contribution in [-0.2, 0) is 9.59 Å². The van der Waals surface area contributed by atoms with Crippen LogP contribution >= 0.6 is 0 Å². The number of carbonyl (C=O) groups excluding carboxylic acids is 2. The molecule has 0 fully saturated rings. The summed E-state index contributed by atoms with van der Waals surface area (Å²) in [5.74, 6) is -0.0435. The number of hydrogen-bond donors (Lipinski definition) is 0. The smallest absolute Gasteiger partial charge is 0.339 e. The summed E-state index contributed by atoms with van der Waals surface area (Å²) in [5, 5.41) is 3.67. The second-order valence-electron chi connectivity index (χ2n) is 8.19. The zero-order chi connectivity index (χ0) is 23.9. The summed E-state index contributed by atoms with van der Waals surface area (Å²) >= 11 is 0. The second kappa shape index (κ2) is 10.8. The third-order valence-corrected chi connectivity index (χ3v) is 5.76. The Balaban J connectivity index is 1.69. The molecule has 0 saturated heterocycles. The summed E-state index contributed by atoms with van der Waals surface area (Å²) in [4.78, 5) is 26.7. The Morgan fingerprint density at radius 1 is 0.559 bits per heavy atom. The lowest BCUT2D eigenvalue weighted by Gasteiger charge is -2.15. The fraction of sp³-hybridized carbons (Fsp3) is 0.200. The van der Waals surface area contributed by atoms with Gasteiger partial charge in [-0.2, -0.15) is 0 Å². The summed E-state index contributed by atoms with van der Waals surface area (Å²) in [5.41, 5.74) is 0.755. The standard InChI is InChI=1S/C30H28O4/c1-3-11-25(29(31)33-27-19-9-15-21-13-5-7-17-23(21)27)26(12-4-2)30(32)34-28-20-10-16-22-14-6-8-18-24(22)28/h5-10,13-20H,3-4,11-12H2,1-2H3/b26-25-. The molecule has 0 amide bonds. The topological polar surface area (TPSA) is 52.6 Å². The largest absolute Gasteiger partial charge is 0.422 e. The van der Waals surface area contributed by atoms with Gasteiger partial charge in [0.25, 0.3) is 0 Å². The molecule has 4 aromatic rings. The van der Waals surface area contributed by atoms with Gasteiger partial charge in [0.15, 0.2) is 0 Å². The third kappa shape index (κ3) is 5.01. The number of ether oxygens (including phenoxy) is 2. The van der Waals surface area contributed by atoms with Gasteiger partial charge < -0.3 is 9.47 Å². The van der Waals surface area contributed by atoms with E-state index in [1.54, 1.807) is 12.1 Å². The number of fused-ring (bicyclic) bond motifs is 2. The summed E-state index contributed by atoms with van der Waals surface area (Å²) in [6.45, 7) is 3.95. The Labute approximate surface area is 199 Å². The van der Waals surface area contributed by atoms with Crippen LogP contribution in [0.25, 0.3) is 21.5 Å². The van der Waals surface area contributed by atoms with E-state index in [0.717, 1.165) is 21.5 Å². The molecule has 0 N–H and O–H groups in total. The predicted molar refractivity (Wildman–Crippen MR) is 136 cm³/mol. The van der Waals surface area contributed by atoms with Gasteiger partial charge in [-0.3, -0.25) is 0 Å². The highest BCUT2D eigenvalue weighted by atomic mass is 16.5. The fourth-order valence-corrected chi connectivity index (χ4v) is 4.14. The molecule has 0 aliphatic rings. The number of benzene rings is 4. The van der Waals surface area contributed by atoms with Crippen molar-refractivity contribution in [2.75, 3.05) is 0 Å². The Morgan fingerprint density at radius 3 is 1.35 bits per heavy atom. The summed E-state index contributed by atoms with van der Waals surface area (Å²) in [6.07, 6.45) is 2.27. The molecule has 0 spiro atoms. The van der Waals surface area contributed by atoms with Crippen LogP contribution in [0, 0.1) is 0 Å². The quantitative estimate of drug-likeness (QED) is 0.159. The lowest BCUT2D eigenvalue weighted by Crippen LogP contribution is -2.20. The van der Waals surface area contributed by atoms with Crippen molar-refractivity contribution in [2.45, 2.75) is 39.5 Å². The van der Waals surface area contributed by atoms with Gasteiger partial charge in [0.2, 0.25) is 0 Å². The zero-order valence-corrected chi connectivity index (χ0v) is 19.5. The molecule has 0 aromatic heterocycles. The van der Waals surface area contributed by atoms with Gasteiger partial charge in [0.1, 0.15) is 11.5 Å². The van der Waals surface area contributed by atoms with Gasteiger partial charge in [-0.15, -0.1) is 0 Å². The van der Waals surface area contributed by atoms with Crippen molar-refractivity contribution in [2.24, 2.45) is 0 Å². The molecule has 0 unspecified atom stereocenters. The maximum absolute atomic E-state index is 13.3. The van der Waals surface area contributed by atoms with Gasteiger partial charge in [-0.1, -0.05) is 99.5 Å². The van der Waals surface area contributed by atoms with Gasteiger partial charge in [0.05, 0.1) is 0 Å². The Morgan fingerprint density at radius 2 is 0.941 bits per heavy atom. The molecule has 0 bridgehead atoms. The average Bonchev–Trinajstić information content (AvgIpc) is 2.86. The maximum atomic E-state index is 13.3. The molecule has 4 heteroatoms. The number of rotatable bonds is 8. The van der Waals surface area contributed by atoms with Crippen LogP contribution in [0.1, 0.15) is 39.5 Å². The molecule has 4 nitrogen and oxygen atoms in total. The predicted octanol–water partition coefficient (Wildman–Crippen LogP) is 7.40. The van der Waals surface area contributed by atoms with Crippen LogP contribution in [0.5, 0.6) is 11.5 Å². The van der Waals surface area contributed by atoms with Crippen molar-refractivity contribution < 1.29 is 19.1 Å². The number of hydrogen-bond acceptors (Lipinski definition) is 4. The molecule has 172 valence electrons. The van der Waals surface area contributed by atoms with Crippen LogP contribution in [-0.4, -0.2) is 11.9 Å². The third-order valence-electron chi connectivity index (χ3n) is 5.76. The van der Waals surface area contributed by atoms with E-state index in [1.165, 1.54) is 0 Å². The first-order valence-electron chi connectivity index (χ1n) is 11.7. The van der Waals surface area contributed by atoms with E-state index in [9.17, 15) is 9.59 Å². The molecule has 0 aliphatic carbocycles.